The highest BCUT2D eigenvalue weighted by atomic mass is 32.2. The van der Waals surface area contributed by atoms with Crippen LogP contribution in [0.3, 0.4) is 0 Å². The van der Waals surface area contributed by atoms with Crippen LogP contribution in [-0.2, 0) is 5.75 Å². The fraction of sp³-hybridized carbons (Fsp3) is 0.417. The van der Waals surface area contributed by atoms with Crippen molar-refractivity contribution in [3.05, 3.63) is 30.1 Å². The Kier molecular flexibility index (Phi) is 3.85. The summed E-state index contributed by atoms with van der Waals surface area (Å²) in [6.07, 6.45) is 0. The van der Waals surface area contributed by atoms with Gasteiger partial charge >= 0.3 is 0 Å². The molecule has 2 rings (SSSR count). The molecule has 16 heavy (non-hydrogen) atoms. The van der Waals surface area contributed by atoms with E-state index in [1.807, 2.05) is 30.0 Å². The number of hydrogen-bond acceptors (Lipinski definition) is 3. The van der Waals surface area contributed by atoms with Crippen LogP contribution in [0.1, 0.15) is 5.82 Å². The number of fused-ring (bicyclic) bond motifs is 1. The minimum Gasteiger partial charge on any atom is -0.341 e. The molecule has 0 radical (unpaired) electrons. The predicted molar refractivity (Wildman–Crippen MR) is 70.8 cm³/mol. The number of hydrogen-bond donors (Lipinski definition) is 1. The van der Waals surface area contributed by atoms with Gasteiger partial charge in [-0.25, -0.2) is 4.98 Å². The van der Waals surface area contributed by atoms with Gasteiger partial charge in [0.05, 0.1) is 16.8 Å². The summed E-state index contributed by atoms with van der Waals surface area (Å²) >= 11 is 1.91. The van der Waals surface area contributed by atoms with Crippen LogP contribution < -0.4 is 0 Å². The van der Waals surface area contributed by atoms with Crippen molar-refractivity contribution in [2.24, 2.45) is 0 Å². The summed E-state index contributed by atoms with van der Waals surface area (Å²) < 4.78 is 0. The lowest BCUT2D eigenvalue weighted by atomic mass is 10.3. The zero-order chi connectivity index (χ0) is 11.4. The van der Waals surface area contributed by atoms with Gasteiger partial charge in [-0.2, -0.15) is 11.8 Å². The maximum atomic E-state index is 4.54. The Morgan fingerprint density at radius 1 is 1.31 bits per heavy atom. The molecule has 0 bridgehead atoms. The maximum Gasteiger partial charge on any atom is 0.117 e. The van der Waals surface area contributed by atoms with Crippen LogP contribution in [0.15, 0.2) is 24.3 Å². The number of benzene rings is 1. The van der Waals surface area contributed by atoms with E-state index < -0.39 is 0 Å². The average Bonchev–Trinajstić information content (AvgIpc) is 2.66. The van der Waals surface area contributed by atoms with Crippen molar-refractivity contribution in [1.29, 1.82) is 0 Å². The molecular weight excluding hydrogens is 218 g/mol. The molecule has 0 aliphatic heterocycles. The van der Waals surface area contributed by atoms with Crippen molar-refractivity contribution in [2.75, 3.05) is 26.4 Å². The SMILES string of the molecule is CN(C)CCSCc1nc2ccccc2[nH]1. The van der Waals surface area contributed by atoms with E-state index in [2.05, 4.69) is 35.0 Å². The lowest BCUT2D eigenvalue weighted by Gasteiger charge is -2.07. The summed E-state index contributed by atoms with van der Waals surface area (Å²) in [6.45, 7) is 1.12. The minimum absolute atomic E-state index is 0.961. The van der Waals surface area contributed by atoms with Gasteiger partial charge in [-0.3, -0.25) is 0 Å². The summed E-state index contributed by atoms with van der Waals surface area (Å²) in [5.74, 6) is 3.18. The number of aromatic nitrogens is 2. The lowest BCUT2D eigenvalue weighted by molar-refractivity contribution is 0.437. The average molecular weight is 235 g/mol. The van der Waals surface area contributed by atoms with Crippen LogP contribution in [0, 0.1) is 0 Å². The van der Waals surface area contributed by atoms with Crippen LogP contribution in [-0.4, -0.2) is 41.3 Å². The van der Waals surface area contributed by atoms with E-state index in [0.29, 0.717) is 0 Å². The summed E-state index contributed by atoms with van der Waals surface area (Å²) in [5.41, 5.74) is 2.19. The predicted octanol–water partition coefficient (Wildman–Crippen LogP) is 2.36. The van der Waals surface area contributed by atoms with Crippen LogP contribution in [0.4, 0.5) is 0 Å². The molecule has 3 nitrogen and oxygen atoms in total. The van der Waals surface area contributed by atoms with Crippen molar-refractivity contribution >= 4 is 22.8 Å². The highest BCUT2D eigenvalue weighted by Crippen LogP contribution is 2.14. The van der Waals surface area contributed by atoms with Crippen molar-refractivity contribution in [3.8, 4) is 0 Å². The number of H-pyrrole nitrogens is 1. The van der Waals surface area contributed by atoms with E-state index in [4.69, 9.17) is 0 Å². The number of para-hydroxylation sites is 2. The summed E-state index contributed by atoms with van der Waals surface area (Å²) in [5, 5.41) is 0. The molecule has 86 valence electrons. The molecule has 0 spiro atoms. The van der Waals surface area contributed by atoms with E-state index in [9.17, 15) is 0 Å². The zero-order valence-electron chi connectivity index (χ0n) is 9.73. The van der Waals surface area contributed by atoms with Crippen molar-refractivity contribution in [3.63, 3.8) is 0 Å². The highest BCUT2D eigenvalue weighted by molar-refractivity contribution is 7.98. The molecule has 1 aromatic heterocycles. The van der Waals surface area contributed by atoms with E-state index in [1.54, 1.807) is 0 Å². The van der Waals surface area contributed by atoms with Gasteiger partial charge in [-0.05, 0) is 26.2 Å². The second-order valence-electron chi connectivity index (χ2n) is 4.06. The Morgan fingerprint density at radius 2 is 2.12 bits per heavy atom. The minimum atomic E-state index is 0.961. The number of aromatic amines is 1. The topological polar surface area (TPSA) is 31.9 Å². The first kappa shape index (κ1) is 11.5. The third-order valence-electron chi connectivity index (χ3n) is 2.36. The zero-order valence-corrected chi connectivity index (χ0v) is 10.5. The largest absolute Gasteiger partial charge is 0.341 e. The van der Waals surface area contributed by atoms with E-state index in [-0.39, 0.29) is 0 Å². The van der Waals surface area contributed by atoms with Gasteiger partial charge in [-0.1, -0.05) is 12.1 Å². The number of nitrogens with zero attached hydrogens (tertiary/aromatic N) is 2. The standard InChI is InChI=1S/C12H17N3S/c1-15(2)7-8-16-9-12-13-10-5-3-4-6-11(10)14-12/h3-6H,7-9H2,1-2H3,(H,13,14). The molecule has 2 aromatic rings. The van der Waals surface area contributed by atoms with E-state index in [0.717, 1.165) is 34.9 Å². The molecule has 0 fully saturated rings. The first-order valence-electron chi connectivity index (χ1n) is 5.42. The molecule has 0 atom stereocenters. The van der Waals surface area contributed by atoms with Gasteiger partial charge in [-0.15, -0.1) is 0 Å². The number of imidazole rings is 1. The van der Waals surface area contributed by atoms with Gasteiger partial charge in [0.2, 0.25) is 0 Å². The molecule has 1 N–H and O–H groups in total. The second kappa shape index (κ2) is 5.37. The third kappa shape index (κ3) is 3.00. The molecule has 0 saturated carbocycles. The van der Waals surface area contributed by atoms with Gasteiger partial charge in [0.15, 0.2) is 0 Å². The Bertz CT molecular complexity index is 417. The second-order valence-corrected chi connectivity index (χ2v) is 5.16. The van der Waals surface area contributed by atoms with Crippen molar-refractivity contribution in [2.45, 2.75) is 5.75 Å². The fourth-order valence-corrected chi connectivity index (χ4v) is 2.46. The van der Waals surface area contributed by atoms with Crippen LogP contribution >= 0.6 is 11.8 Å². The third-order valence-corrected chi connectivity index (χ3v) is 3.31. The summed E-state index contributed by atoms with van der Waals surface area (Å²) in [7, 11) is 4.20. The van der Waals surface area contributed by atoms with Crippen LogP contribution in [0.2, 0.25) is 0 Å². The Hall–Kier alpha value is -1.00. The molecular formula is C12H17N3S. The summed E-state index contributed by atoms with van der Waals surface area (Å²) in [4.78, 5) is 10.1. The molecule has 1 aromatic carbocycles. The normalized spacial score (nSPS) is 11.4. The fourth-order valence-electron chi connectivity index (χ4n) is 1.49. The van der Waals surface area contributed by atoms with Crippen LogP contribution in [0.5, 0.6) is 0 Å². The Morgan fingerprint density at radius 3 is 2.88 bits per heavy atom. The number of thioether (sulfide) groups is 1. The quantitative estimate of drug-likeness (QED) is 0.807. The molecule has 0 aliphatic rings. The Labute approximate surface area is 100 Å². The Balaban J connectivity index is 1.89. The van der Waals surface area contributed by atoms with Gasteiger partial charge in [0.1, 0.15) is 5.82 Å². The number of nitrogens with one attached hydrogen (secondary N) is 1. The molecule has 0 amide bonds. The molecule has 1 heterocycles. The molecule has 0 saturated heterocycles. The van der Waals surface area contributed by atoms with E-state index >= 15 is 0 Å². The summed E-state index contributed by atoms with van der Waals surface area (Å²) in [6, 6.07) is 8.16. The van der Waals surface area contributed by atoms with Gasteiger partial charge in [0.25, 0.3) is 0 Å². The van der Waals surface area contributed by atoms with Crippen LogP contribution in [0.25, 0.3) is 11.0 Å². The first-order valence-corrected chi connectivity index (χ1v) is 6.57. The highest BCUT2D eigenvalue weighted by Gasteiger charge is 2.01. The molecule has 4 heteroatoms. The van der Waals surface area contributed by atoms with Gasteiger partial charge < -0.3 is 9.88 Å². The lowest BCUT2D eigenvalue weighted by Crippen LogP contribution is -2.14. The molecule has 0 unspecified atom stereocenters. The number of rotatable bonds is 5. The van der Waals surface area contributed by atoms with Gasteiger partial charge in [0, 0.05) is 12.3 Å². The monoisotopic (exact) mass is 235 g/mol. The van der Waals surface area contributed by atoms with Crippen molar-refractivity contribution in [1.82, 2.24) is 14.9 Å². The van der Waals surface area contributed by atoms with Crippen molar-refractivity contribution < 1.29 is 0 Å². The maximum absolute atomic E-state index is 4.54. The molecule has 0 aliphatic carbocycles. The van der Waals surface area contributed by atoms with E-state index in [1.165, 1.54) is 0 Å². The first-order chi connectivity index (χ1) is 7.75. The smallest absolute Gasteiger partial charge is 0.117 e.